The van der Waals surface area contributed by atoms with Crippen LogP contribution in [0, 0.1) is 0 Å². The zero-order chi connectivity index (χ0) is 13.8. The number of hydrazone groups is 1. The van der Waals surface area contributed by atoms with Crippen molar-refractivity contribution in [3.63, 3.8) is 0 Å². The predicted octanol–water partition coefficient (Wildman–Crippen LogP) is 3.68. The van der Waals surface area contributed by atoms with Crippen LogP contribution in [0.15, 0.2) is 35.4 Å². The Balaban J connectivity index is 3.05. The lowest BCUT2D eigenvalue weighted by molar-refractivity contribution is -0.115. The van der Waals surface area contributed by atoms with E-state index in [-0.39, 0.29) is 5.78 Å². The summed E-state index contributed by atoms with van der Waals surface area (Å²) in [5, 5.41) is 4.65. The zero-order valence-corrected chi connectivity index (χ0v) is 12.9. The van der Waals surface area contributed by atoms with Crippen molar-refractivity contribution in [3.8, 4) is 0 Å². The van der Waals surface area contributed by atoms with Crippen molar-refractivity contribution in [2.75, 3.05) is 4.67 Å². The van der Waals surface area contributed by atoms with E-state index in [1.54, 1.807) is 6.92 Å². The van der Waals surface area contributed by atoms with Gasteiger partial charge in [-0.2, -0.15) is 5.10 Å². The van der Waals surface area contributed by atoms with E-state index in [1.165, 1.54) is 0 Å². The van der Waals surface area contributed by atoms with Gasteiger partial charge in [0.25, 0.3) is 0 Å². The maximum atomic E-state index is 11.1. The molecule has 0 saturated heterocycles. The van der Waals surface area contributed by atoms with Gasteiger partial charge >= 0.3 is 0 Å². The monoisotopic (exact) mass is 262 g/mol. The molecule has 1 aromatic carbocycles. The molecule has 3 nitrogen and oxygen atoms in total. The first kappa shape index (κ1) is 14.6. The first-order valence-electron chi connectivity index (χ1n) is 6.19. The minimum Gasteiger partial charge on any atom is -0.300 e. The Bertz CT molecular complexity index is 435. The first-order chi connectivity index (χ1) is 8.30. The minimum atomic E-state index is -1.61. The summed E-state index contributed by atoms with van der Waals surface area (Å²) in [5.74, 6) is 0.153. The minimum absolute atomic E-state index is 0.153. The van der Waals surface area contributed by atoms with Gasteiger partial charge in [0.1, 0.15) is 5.78 Å². The van der Waals surface area contributed by atoms with Gasteiger partial charge in [-0.25, -0.2) is 0 Å². The number of carbonyl (C=O) groups excluding carboxylic acids is 1. The van der Waals surface area contributed by atoms with Gasteiger partial charge in [0.05, 0.1) is 0 Å². The Hall–Kier alpha value is -1.42. The fourth-order valence-electron chi connectivity index (χ4n) is 1.73. The summed E-state index contributed by atoms with van der Waals surface area (Å²) in [4.78, 5) is 11.1. The Kier molecular flexibility index (Phi) is 4.84. The summed E-state index contributed by atoms with van der Waals surface area (Å²) in [6.07, 6.45) is 0.424. The van der Waals surface area contributed by atoms with Crippen LogP contribution >= 0.6 is 0 Å². The average Bonchev–Trinajstić information content (AvgIpc) is 2.24. The van der Waals surface area contributed by atoms with Crippen LogP contribution in [0.25, 0.3) is 0 Å². The Morgan fingerprint density at radius 1 is 1.17 bits per heavy atom. The highest BCUT2D eigenvalue weighted by Gasteiger charge is 2.24. The summed E-state index contributed by atoms with van der Waals surface area (Å²) in [6, 6.07) is 10.1. The molecule has 18 heavy (non-hydrogen) atoms. The number of ketones is 1. The molecule has 0 radical (unpaired) electrons. The van der Waals surface area contributed by atoms with E-state index in [4.69, 9.17) is 0 Å². The van der Waals surface area contributed by atoms with Gasteiger partial charge < -0.3 is 0 Å². The van der Waals surface area contributed by atoms with Crippen molar-refractivity contribution < 1.29 is 4.79 Å². The lowest BCUT2D eigenvalue weighted by Crippen LogP contribution is -2.43. The van der Waals surface area contributed by atoms with Gasteiger partial charge in [-0.1, -0.05) is 18.2 Å². The smallest absolute Gasteiger partial charge is 0.176 e. The van der Waals surface area contributed by atoms with E-state index in [1.807, 2.05) is 25.1 Å². The van der Waals surface area contributed by atoms with E-state index >= 15 is 0 Å². The molecule has 0 heterocycles. The average molecular weight is 262 g/mol. The Labute approximate surface area is 111 Å². The number of benzene rings is 1. The SMILES string of the molecule is CC(=O)C/C(C)=N/N(c1ccccc1)[Si](C)(C)C. The van der Waals surface area contributed by atoms with E-state index < -0.39 is 8.24 Å². The second-order valence-electron chi connectivity index (χ2n) is 5.53. The second kappa shape index (κ2) is 5.95. The van der Waals surface area contributed by atoms with Crippen LogP contribution in [0.5, 0.6) is 0 Å². The van der Waals surface area contributed by atoms with Crippen molar-refractivity contribution in [2.24, 2.45) is 5.10 Å². The first-order valence-corrected chi connectivity index (χ1v) is 9.64. The maximum absolute atomic E-state index is 11.1. The molecule has 0 unspecified atom stereocenters. The summed E-state index contributed by atoms with van der Waals surface area (Å²) in [7, 11) is -1.61. The predicted molar refractivity (Wildman–Crippen MR) is 80.7 cm³/mol. The number of hydrogen-bond acceptors (Lipinski definition) is 3. The molecule has 0 fully saturated rings. The largest absolute Gasteiger partial charge is 0.300 e. The van der Waals surface area contributed by atoms with Gasteiger partial charge in [-0.3, -0.25) is 9.47 Å². The molecular formula is C14H22N2OSi. The number of anilines is 1. The normalized spacial score (nSPS) is 12.4. The summed E-state index contributed by atoms with van der Waals surface area (Å²) in [5.41, 5.74) is 1.97. The van der Waals surface area contributed by atoms with Gasteiger partial charge in [-0.05, 0) is 45.6 Å². The zero-order valence-electron chi connectivity index (χ0n) is 11.9. The van der Waals surface area contributed by atoms with Crippen molar-refractivity contribution in [1.29, 1.82) is 0 Å². The third-order valence-electron chi connectivity index (χ3n) is 2.41. The summed E-state index contributed by atoms with van der Waals surface area (Å²) >= 11 is 0. The van der Waals surface area contributed by atoms with E-state index in [0.717, 1.165) is 11.4 Å². The lowest BCUT2D eigenvalue weighted by Gasteiger charge is -2.32. The number of rotatable bonds is 5. The second-order valence-corrected chi connectivity index (χ2v) is 10.3. The number of Topliss-reactive ketones (excluding diaryl/α,β-unsaturated/α-hetero) is 1. The lowest BCUT2D eigenvalue weighted by atomic mass is 10.2. The number of hydrogen-bond donors (Lipinski definition) is 0. The third kappa shape index (κ3) is 4.45. The molecule has 0 aliphatic heterocycles. The fraction of sp³-hybridized carbons (Fsp3) is 0.429. The standard InChI is InChI=1S/C14H22N2OSi/c1-12(11-13(2)17)15-16(18(3,4)5)14-9-7-6-8-10-14/h6-10H,11H2,1-5H3/b15-12+. The molecule has 0 bridgehead atoms. The number of para-hydroxylation sites is 1. The highest BCUT2D eigenvalue weighted by molar-refractivity contribution is 6.79. The van der Waals surface area contributed by atoms with E-state index in [0.29, 0.717) is 6.42 Å². The highest BCUT2D eigenvalue weighted by atomic mass is 28.3. The van der Waals surface area contributed by atoms with Crippen LogP contribution < -0.4 is 4.67 Å². The van der Waals surface area contributed by atoms with Gasteiger partial charge in [0, 0.05) is 17.8 Å². The molecule has 0 N–H and O–H groups in total. The van der Waals surface area contributed by atoms with Crippen molar-refractivity contribution >= 4 is 25.4 Å². The third-order valence-corrected chi connectivity index (χ3v) is 4.04. The van der Waals surface area contributed by atoms with Crippen LogP contribution in [0.1, 0.15) is 20.3 Å². The summed E-state index contributed by atoms with van der Waals surface area (Å²) in [6.45, 7) is 10.2. The molecule has 98 valence electrons. The number of nitrogens with zero attached hydrogens (tertiary/aromatic N) is 2. The van der Waals surface area contributed by atoms with Crippen molar-refractivity contribution in [2.45, 2.75) is 39.9 Å². The van der Waals surface area contributed by atoms with E-state index in [2.05, 4.69) is 41.5 Å². The quantitative estimate of drug-likeness (QED) is 0.460. The molecule has 1 rings (SSSR count). The molecule has 0 saturated carbocycles. The molecular weight excluding hydrogens is 240 g/mol. The van der Waals surface area contributed by atoms with Gasteiger partial charge in [0.15, 0.2) is 8.24 Å². The fourth-order valence-corrected chi connectivity index (χ4v) is 3.12. The van der Waals surface area contributed by atoms with Crippen LogP contribution in [-0.2, 0) is 4.79 Å². The van der Waals surface area contributed by atoms with Gasteiger partial charge in [-0.15, -0.1) is 0 Å². The molecule has 0 aliphatic rings. The van der Waals surface area contributed by atoms with Crippen molar-refractivity contribution in [3.05, 3.63) is 30.3 Å². The van der Waals surface area contributed by atoms with Gasteiger partial charge in [0.2, 0.25) is 0 Å². The highest BCUT2D eigenvalue weighted by Crippen LogP contribution is 2.21. The molecule has 4 heteroatoms. The Morgan fingerprint density at radius 3 is 2.17 bits per heavy atom. The molecule has 0 spiro atoms. The molecule has 0 aliphatic carbocycles. The van der Waals surface area contributed by atoms with Crippen LogP contribution in [0.3, 0.4) is 0 Å². The summed E-state index contributed by atoms with van der Waals surface area (Å²) < 4.78 is 2.10. The van der Waals surface area contributed by atoms with E-state index in [9.17, 15) is 4.79 Å². The molecule has 1 aromatic rings. The topological polar surface area (TPSA) is 32.7 Å². The molecule has 0 amide bonds. The molecule has 0 atom stereocenters. The van der Waals surface area contributed by atoms with Crippen molar-refractivity contribution in [1.82, 2.24) is 0 Å². The number of carbonyl (C=O) groups is 1. The molecule has 0 aromatic heterocycles. The Morgan fingerprint density at radius 2 is 1.72 bits per heavy atom. The van der Waals surface area contributed by atoms with Crippen LogP contribution in [-0.4, -0.2) is 19.7 Å². The maximum Gasteiger partial charge on any atom is 0.176 e. The van der Waals surface area contributed by atoms with Crippen LogP contribution in [0.2, 0.25) is 19.6 Å². The van der Waals surface area contributed by atoms with Crippen LogP contribution in [0.4, 0.5) is 5.69 Å².